The first-order valence-corrected chi connectivity index (χ1v) is 8.08. The molecule has 1 amide bonds. The van der Waals surface area contributed by atoms with Gasteiger partial charge in [-0.15, -0.1) is 0 Å². The van der Waals surface area contributed by atoms with Gasteiger partial charge in [0, 0.05) is 48.1 Å². The number of aryl methyl sites for hydroxylation is 1. The summed E-state index contributed by atoms with van der Waals surface area (Å²) in [7, 11) is 0. The topological polar surface area (TPSA) is 49.6 Å². The fourth-order valence-corrected chi connectivity index (χ4v) is 3.09. The third-order valence-corrected chi connectivity index (χ3v) is 4.45. The van der Waals surface area contributed by atoms with E-state index in [2.05, 4.69) is 11.8 Å². The molecule has 1 heterocycles. The summed E-state index contributed by atoms with van der Waals surface area (Å²) in [4.78, 5) is 16.7. The molecule has 2 aromatic rings. The minimum Gasteiger partial charge on any atom is -0.399 e. The molecule has 2 aromatic carbocycles. The highest BCUT2D eigenvalue weighted by Crippen LogP contribution is 2.25. The molecule has 0 bridgehead atoms. The molecule has 120 valence electrons. The van der Waals surface area contributed by atoms with Crippen molar-refractivity contribution >= 4 is 28.9 Å². The fraction of sp³-hybridized carbons (Fsp3) is 0.278. The number of rotatable bonds is 2. The maximum absolute atomic E-state index is 12.5. The molecule has 0 aliphatic carbocycles. The van der Waals surface area contributed by atoms with Gasteiger partial charge in [0.2, 0.25) is 0 Å². The molecule has 0 aromatic heterocycles. The van der Waals surface area contributed by atoms with Crippen molar-refractivity contribution in [3.8, 4) is 0 Å². The van der Waals surface area contributed by atoms with Crippen LogP contribution in [0.1, 0.15) is 15.9 Å². The third-order valence-electron chi connectivity index (χ3n) is 4.21. The van der Waals surface area contributed by atoms with Crippen molar-refractivity contribution < 1.29 is 4.79 Å². The zero-order chi connectivity index (χ0) is 16.4. The number of piperazine rings is 1. The summed E-state index contributed by atoms with van der Waals surface area (Å²) < 4.78 is 0. The number of nitrogen functional groups attached to an aromatic ring is 1. The van der Waals surface area contributed by atoms with Gasteiger partial charge >= 0.3 is 0 Å². The molecule has 1 saturated heterocycles. The summed E-state index contributed by atoms with van der Waals surface area (Å²) in [5, 5.41) is 0.740. The monoisotopic (exact) mass is 329 g/mol. The number of nitrogens with two attached hydrogens (primary N) is 1. The molecule has 3 rings (SSSR count). The second kappa shape index (κ2) is 6.50. The average molecular weight is 330 g/mol. The zero-order valence-corrected chi connectivity index (χ0v) is 13.9. The van der Waals surface area contributed by atoms with Crippen molar-refractivity contribution in [3.05, 3.63) is 58.6 Å². The van der Waals surface area contributed by atoms with Crippen molar-refractivity contribution in [1.82, 2.24) is 4.90 Å². The van der Waals surface area contributed by atoms with Gasteiger partial charge in [0.15, 0.2) is 0 Å². The number of carbonyl (C=O) groups excluding carboxylic acids is 1. The normalized spacial score (nSPS) is 14.9. The van der Waals surface area contributed by atoms with Crippen LogP contribution in [0.2, 0.25) is 5.02 Å². The smallest absolute Gasteiger partial charge is 0.254 e. The van der Waals surface area contributed by atoms with E-state index in [1.54, 1.807) is 12.1 Å². The molecule has 1 fully saturated rings. The maximum Gasteiger partial charge on any atom is 0.254 e. The van der Waals surface area contributed by atoms with Crippen molar-refractivity contribution in [2.45, 2.75) is 6.92 Å². The second-order valence-corrected chi connectivity index (χ2v) is 6.27. The van der Waals surface area contributed by atoms with Crippen molar-refractivity contribution in [2.24, 2.45) is 0 Å². The summed E-state index contributed by atoms with van der Waals surface area (Å²) in [6.07, 6.45) is 0. The van der Waals surface area contributed by atoms with Gasteiger partial charge in [-0.2, -0.15) is 0 Å². The molecular formula is C18H20ClN3O. The number of halogens is 1. The van der Waals surface area contributed by atoms with Gasteiger partial charge in [-0.25, -0.2) is 0 Å². The number of hydrogen-bond acceptors (Lipinski definition) is 3. The van der Waals surface area contributed by atoms with Gasteiger partial charge < -0.3 is 15.5 Å². The molecule has 5 heteroatoms. The third kappa shape index (κ3) is 3.42. The first-order valence-electron chi connectivity index (χ1n) is 7.70. The highest BCUT2D eigenvalue weighted by molar-refractivity contribution is 6.30. The standard InChI is InChI=1S/C18H20ClN3O/c1-13-5-6-15(19)12-17(13)21-7-9-22(10-8-21)18(23)14-3-2-4-16(20)11-14/h2-6,11-12H,7-10,20H2,1H3. The fourth-order valence-electron chi connectivity index (χ4n) is 2.93. The largest absolute Gasteiger partial charge is 0.399 e. The van der Waals surface area contributed by atoms with E-state index in [0.29, 0.717) is 24.3 Å². The molecule has 1 aliphatic rings. The Morgan fingerprint density at radius 3 is 2.52 bits per heavy atom. The summed E-state index contributed by atoms with van der Waals surface area (Å²) in [6.45, 7) is 5.07. The Bertz CT molecular complexity index is 724. The molecule has 0 radical (unpaired) electrons. The van der Waals surface area contributed by atoms with Gasteiger partial charge in [-0.1, -0.05) is 23.7 Å². The number of hydrogen-bond donors (Lipinski definition) is 1. The zero-order valence-electron chi connectivity index (χ0n) is 13.1. The molecule has 23 heavy (non-hydrogen) atoms. The predicted octanol–water partition coefficient (Wildman–Crippen LogP) is 3.19. The highest BCUT2D eigenvalue weighted by atomic mass is 35.5. The SMILES string of the molecule is Cc1ccc(Cl)cc1N1CCN(C(=O)c2cccc(N)c2)CC1. The lowest BCUT2D eigenvalue weighted by Crippen LogP contribution is -2.49. The van der Waals surface area contributed by atoms with Gasteiger partial charge in [0.05, 0.1) is 0 Å². The van der Waals surface area contributed by atoms with Gasteiger partial charge in [-0.3, -0.25) is 4.79 Å². The summed E-state index contributed by atoms with van der Waals surface area (Å²) >= 11 is 6.11. The second-order valence-electron chi connectivity index (χ2n) is 5.84. The number of benzene rings is 2. The van der Waals surface area contributed by atoms with Crippen LogP contribution in [0, 0.1) is 6.92 Å². The highest BCUT2D eigenvalue weighted by Gasteiger charge is 2.23. The molecule has 4 nitrogen and oxygen atoms in total. The van der Waals surface area contributed by atoms with Crippen LogP contribution in [0.4, 0.5) is 11.4 Å². The van der Waals surface area contributed by atoms with Gasteiger partial charge in [0.1, 0.15) is 0 Å². The van der Waals surface area contributed by atoms with E-state index in [4.69, 9.17) is 17.3 Å². The Morgan fingerprint density at radius 2 is 1.83 bits per heavy atom. The minimum atomic E-state index is 0.0415. The van der Waals surface area contributed by atoms with E-state index >= 15 is 0 Å². The van der Waals surface area contributed by atoms with Gasteiger partial charge in [0.25, 0.3) is 5.91 Å². The summed E-state index contributed by atoms with van der Waals surface area (Å²) in [6, 6.07) is 13.1. The van der Waals surface area contributed by atoms with E-state index in [0.717, 1.165) is 23.8 Å². The Labute approximate surface area is 141 Å². The van der Waals surface area contributed by atoms with Crippen LogP contribution in [0.3, 0.4) is 0 Å². The Kier molecular flexibility index (Phi) is 4.44. The van der Waals surface area contributed by atoms with Gasteiger partial charge in [-0.05, 0) is 42.8 Å². The quantitative estimate of drug-likeness (QED) is 0.861. The first-order chi connectivity index (χ1) is 11.0. The van der Waals surface area contributed by atoms with E-state index in [9.17, 15) is 4.79 Å². The number of carbonyl (C=O) groups is 1. The molecule has 1 aliphatic heterocycles. The number of amides is 1. The first kappa shape index (κ1) is 15.7. The van der Waals surface area contributed by atoms with E-state index in [-0.39, 0.29) is 5.91 Å². The van der Waals surface area contributed by atoms with E-state index in [1.165, 1.54) is 5.56 Å². The molecule has 0 atom stereocenters. The Balaban J connectivity index is 1.69. The minimum absolute atomic E-state index is 0.0415. The predicted molar refractivity (Wildman–Crippen MR) is 95.2 cm³/mol. The summed E-state index contributed by atoms with van der Waals surface area (Å²) in [5.74, 6) is 0.0415. The van der Waals surface area contributed by atoms with Crippen LogP contribution in [0.15, 0.2) is 42.5 Å². The Morgan fingerprint density at radius 1 is 1.09 bits per heavy atom. The molecule has 0 saturated carbocycles. The number of nitrogens with zero attached hydrogens (tertiary/aromatic N) is 2. The van der Waals surface area contributed by atoms with E-state index in [1.807, 2.05) is 35.2 Å². The molecule has 0 spiro atoms. The van der Waals surface area contributed by atoms with Crippen molar-refractivity contribution in [2.75, 3.05) is 36.8 Å². The van der Waals surface area contributed by atoms with Crippen molar-refractivity contribution in [1.29, 1.82) is 0 Å². The summed E-state index contributed by atoms with van der Waals surface area (Å²) in [5.41, 5.74) is 9.37. The van der Waals surface area contributed by atoms with Crippen LogP contribution in [0.25, 0.3) is 0 Å². The molecule has 0 unspecified atom stereocenters. The lowest BCUT2D eigenvalue weighted by Gasteiger charge is -2.37. The van der Waals surface area contributed by atoms with Crippen LogP contribution in [-0.2, 0) is 0 Å². The van der Waals surface area contributed by atoms with Crippen LogP contribution in [-0.4, -0.2) is 37.0 Å². The van der Waals surface area contributed by atoms with Crippen LogP contribution < -0.4 is 10.6 Å². The lowest BCUT2D eigenvalue weighted by atomic mass is 10.1. The van der Waals surface area contributed by atoms with Crippen LogP contribution >= 0.6 is 11.6 Å². The Hall–Kier alpha value is -2.20. The lowest BCUT2D eigenvalue weighted by molar-refractivity contribution is 0.0747. The van der Waals surface area contributed by atoms with E-state index < -0.39 is 0 Å². The van der Waals surface area contributed by atoms with Crippen LogP contribution in [0.5, 0.6) is 0 Å². The average Bonchev–Trinajstić information content (AvgIpc) is 2.56. The number of anilines is 2. The van der Waals surface area contributed by atoms with Crippen molar-refractivity contribution in [3.63, 3.8) is 0 Å². The molecule has 2 N–H and O–H groups in total. The maximum atomic E-state index is 12.5. The molecular weight excluding hydrogens is 310 g/mol.